The van der Waals surface area contributed by atoms with Crippen LogP contribution in [0.5, 0.6) is 0 Å². The molecule has 0 amide bonds. The molecule has 5 heteroatoms. The molecule has 1 rings (SSSR count). The van der Waals surface area contributed by atoms with Crippen LogP contribution in [-0.2, 0) is 9.84 Å². The Morgan fingerprint density at radius 1 is 1.29 bits per heavy atom. The Morgan fingerprint density at radius 3 is 2.35 bits per heavy atom. The van der Waals surface area contributed by atoms with E-state index in [1.54, 1.807) is 6.92 Å². The van der Waals surface area contributed by atoms with Crippen molar-refractivity contribution in [3.05, 3.63) is 29.8 Å². The molecule has 0 fully saturated rings. The van der Waals surface area contributed by atoms with E-state index < -0.39 is 15.8 Å². The van der Waals surface area contributed by atoms with Gasteiger partial charge in [-0.3, -0.25) is 0 Å². The van der Waals surface area contributed by atoms with Gasteiger partial charge in [-0.15, -0.1) is 11.8 Å². The summed E-state index contributed by atoms with van der Waals surface area (Å²) in [5.74, 6) is 4.17. The second kappa shape index (κ2) is 5.51. The van der Waals surface area contributed by atoms with Crippen molar-refractivity contribution in [1.29, 1.82) is 0 Å². The summed E-state index contributed by atoms with van der Waals surface area (Å²) in [6, 6.07) is 5.16. The number of carboxylic acid groups (broad SMARTS) is 1. The summed E-state index contributed by atoms with van der Waals surface area (Å²) in [7, 11) is -3.37. The molecule has 1 N–H and O–H groups in total. The molecule has 0 unspecified atom stereocenters. The lowest BCUT2D eigenvalue weighted by Crippen LogP contribution is -2.07. The molecule has 0 aliphatic heterocycles. The third-order valence-electron chi connectivity index (χ3n) is 2.13. The Morgan fingerprint density at radius 2 is 1.88 bits per heavy atom. The van der Waals surface area contributed by atoms with Crippen molar-refractivity contribution in [3.63, 3.8) is 0 Å². The predicted octanol–water partition coefficient (Wildman–Crippen LogP) is 1.57. The van der Waals surface area contributed by atoms with Crippen molar-refractivity contribution >= 4 is 15.8 Å². The van der Waals surface area contributed by atoms with Crippen molar-refractivity contribution in [2.24, 2.45) is 0 Å². The van der Waals surface area contributed by atoms with E-state index in [2.05, 4.69) is 11.8 Å². The average molecular weight is 252 g/mol. The molecule has 1 aromatic rings. The lowest BCUT2D eigenvalue weighted by atomic mass is 10.2. The maximum atomic E-state index is 11.8. The second-order valence-corrected chi connectivity index (χ2v) is 5.43. The van der Waals surface area contributed by atoms with Gasteiger partial charge in [0.05, 0.1) is 16.2 Å². The van der Waals surface area contributed by atoms with E-state index in [4.69, 9.17) is 5.11 Å². The minimum Gasteiger partial charge on any atom is -0.478 e. The highest BCUT2D eigenvalue weighted by Gasteiger charge is 2.14. The van der Waals surface area contributed by atoms with Crippen LogP contribution in [0.2, 0.25) is 0 Å². The normalized spacial score (nSPS) is 10.4. The molecular formula is C12H12O4S. The zero-order chi connectivity index (χ0) is 12.9. The topological polar surface area (TPSA) is 71.4 Å². The van der Waals surface area contributed by atoms with Crippen molar-refractivity contribution in [2.75, 3.05) is 5.75 Å². The van der Waals surface area contributed by atoms with Gasteiger partial charge in [0.1, 0.15) is 0 Å². The van der Waals surface area contributed by atoms with Crippen LogP contribution in [-0.4, -0.2) is 25.2 Å². The molecule has 0 aliphatic rings. The van der Waals surface area contributed by atoms with Crippen LogP contribution < -0.4 is 0 Å². The lowest BCUT2D eigenvalue weighted by Gasteiger charge is -2.02. The maximum Gasteiger partial charge on any atom is 0.335 e. The van der Waals surface area contributed by atoms with E-state index >= 15 is 0 Å². The zero-order valence-corrected chi connectivity index (χ0v) is 10.1. The number of hydrogen-bond donors (Lipinski definition) is 1. The first-order valence-electron chi connectivity index (χ1n) is 4.93. The summed E-state index contributed by atoms with van der Waals surface area (Å²) in [6.07, 6.45) is 0.277. The molecule has 0 saturated heterocycles. The maximum absolute atomic E-state index is 11.8. The number of aromatic carboxylic acids is 1. The summed E-state index contributed by atoms with van der Waals surface area (Å²) < 4.78 is 23.5. The molecule has 0 heterocycles. The summed E-state index contributed by atoms with van der Waals surface area (Å²) in [5.41, 5.74) is 0.0669. The Bertz CT molecular complexity index is 559. The minimum atomic E-state index is -3.37. The first kappa shape index (κ1) is 13.3. The molecule has 0 aliphatic carbocycles. The number of sulfone groups is 1. The van der Waals surface area contributed by atoms with Crippen LogP contribution in [0.1, 0.15) is 23.7 Å². The number of rotatable bonds is 4. The molecule has 0 radical (unpaired) electrons. The largest absolute Gasteiger partial charge is 0.478 e. The van der Waals surface area contributed by atoms with Gasteiger partial charge in [-0.1, -0.05) is 0 Å². The fourth-order valence-corrected chi connectivity index (χ4v) is 2.39. The quantitative estimate of drug-likeness (QED) is 0.826. The van der Waals surface area contributed by atoms with E-state index in [0.29, 0.717) is 0 Å². The number of benzene rings is 1. The molecular weight excluding hydrogens is 240 g/mol. The van der Waals surface area contributed by atoms with Gasteiger partial charge in [-0.2, -0.15) is 0 Å². The molecule has 17 heavy (non-hydrogen) atoms. The van der Waals surface area contributed by atoms with Crippen molar-refractivity contribution in [2.45, 2.75) is 18.2 Å². The van der Waals surface area contributed by atoms with Crippen molar-refractivity contribution < 1.29 is 18.3 Å². The molecule has 4 nitrogen and oxygen atoms in total. The Labute approximate surface area is 100 Å². The van der Waals surface area contributed by atoms with E-state index in [1.165, 1.54) is 24.3 Å². The molecule has 0 bridgehead atoms. The summed E-state index contributed by atoms with van der Waals surface area (Å²) in [5, 5.41) is 8.68. The van der Waals surface area contributed by atoms with Gasteiger partial charge in [-0.05, 0) is 31.2 Å². The van der Waals surface area contributed by atoms with Crippen LogP contribution in [0.4, 0.5) is 0 Å². The average Bonchev–Trinajstić information content (AvgIpc) is 2.29. The molecule has 0 aromatic heterocycles. The number of carbonyl (C=O) groups is 1. The fourth-order valence-electron chi connectivity index (χ4n) is 1.23. The first-order valence-corrected chi connectivity index (χ1v) is 6.58. The smallest absolute Gasteiger partial charge is 0.335 e. The zero-order valence-electron chi connectivity index (χ0n) is 9.30. The van der Waals surface area contributed by atoms with Gasteiger partial charge in [0.15, 0.2) is 9.84 Å². The van der Waals surface area contributed by atoms with E-state index in [0.717, 1.165) is 0 Å². The van der Waals surface area contributed by atoms with Crippen LogP contribution >= 0.6 is 0 Å². The minimum absolute atomic E-state index is 0.0553. The molecule has 0 atom stereocenters. The SMILES string of the molecule is CC#CCCS(=O)(=O)c1ccc(C(=O)O)cc1. The number of carboxylic acids is 1. The summed E-state index contributed by atoms with van der Waals surface area (Å²) >= 11 is 0. The monoisotopic (exact) mass is 252 g/mol. The third kappa shape index (κ3) is 3.61. The van der Waals surface area contributed by atoms with Gasteiger partial charge in [0.25, 0.3) is 0 Å². The van der Waals surface area contributed by atoms with Crippen molar-refractivity contribution in [1.82, 2.24) is 0 Å². The predicted molar refractivity (Wildman–Crippen MR) is 63.5 cm³/mol. The fraction of sp³-hybridized carbons (Fsp3) is 0.250. The van der Waals surface area contributed by atoms with Crippen molar-refractivity contribution in [3.8, 4) is 11.8 Å². The van der Waals surface area contributed by atoms with Crippen LogP contribution in [0, 0.1) is 11.8 Å². The first-order chi connectivity index (χ1) is 7.97. The lowest BCUT2D eigenvalue weighted by molar-refractivity contribution is 0.0697. The third-order valence-corrected chi connectivity index (χ3v) is 3.86. The summed E-state index contributed by atoms with van der Waals surface area (Å²) in [6.45, 7) is 1.65. The summed E-state index contributed by atoms with van der Waals surface area (Å²) in [4.78, 5) is 10.7. The van der Waals surface area contributed by atoms with Gasteiger partial charge < -0.3 is 5.11 Å². The van der Waals surface area contributed by atoms with E-state index in [9.17, 15) is 13.2 Å². The van der Waals surface area contributed by atoms with Gasteiger partial charge in [0.2, 0.25) is 0 Å². The Kier molecular flexibility index (Phi) is 4.30. The second-order valence-electron chi connectivity index (χ2n) is 3.33. The highest BCUT2D eigenvalue weighted by molar-refractivity contribution is 7.91. The Balaban J connectivity index is 2.91. The van der Waals surface area contributed by atoms with Gasteiger partial charge in [0, 0.05) is 6.42 Å². The van der Waals surface area contributed by atoms with Crippen LogP contribution in [0.3, 0.4) is 0 Å². The molecule has 0 spiro atoms. The molecule has 90 valence electrons. The Hall–Kier alpha value is -1.80. The van der Waals surface area contributed by atoms with Gasteiger partial charge >= 0.3 is 5.97 Å². The van der Waals surface area contributed by atoms with Crippen LogP contribution in [0.25, 0.3) is 0 Å². The standard InChI is InChI=1S/C12H12O4S/c1-2-3-4-9-17(15,16)11-7-5-10(6-8-11)12(13)14/h5-8H,4,9H2,1H3,(H,13,14). The van der Waals surface area contributed by atoms with Gasteiger partial charge in [-0.25, -0.2) is 13.2 Å². The number of hydrogen-bond acceptors (Lipinski definition) is 3. The highest BCUT2D eigenvalue weighted by atomic mass is 32.2. The molecule has 1 aromatic carbocycles. The van der Waals surface area contributed by atoms with E-state index in [1.807, 2.05) is 0 Å². The highest BCUT2D eigenvalue weighted by Crippen LogP contribution is 2.13. The van der Waals surface area contributed by atoms with Crippen LogP contribution in [0.15, 0.2) is 29.2 Å². The molecule has 0 saturated carbocycles. The van der Waals surface area contributed by atoms with E-state index in [-0.39, 0.29) is 22.6 Å².